The van der Waals surface area contributed by atoms with E-state index in [1.807, 2.05) is 0 Å². The number of fused-ring (bicyclic) bond motifs is 1. The number of carbonyl (C=O) groups excluding carboxylic acids is 5. The molecular weight excluding hydrogens is 418 g/mol. The summed E-state index contributed by atoms with van der Waals surface area (Å²) in [4.78, 5) is 63.3. The summed E-state index contributed by atoms with van der Waals surface area (Å²) in [6.45, 7) is 3.29. The van der Waals surface area contributed by atoms with Crippen molar-refractivity contribution in [2.45, 2.75) is 50.9 Å². The minimum absolute atomic E-state index is 0.268. The van der Waals surface area contributed by atoms with E-state index in [0.29, 0.717) is 19.4 Å². The number of nitrogens with zero attached hydrogens (tertiary/aromatic N) is 1. The van der Waals surface area contributed by atoms with Crippen molar-refractivity contribution in [3.63, 3.8) is 0 Å². The maximum atomic E-state index is 13.0. The van der Waals surface area contributed by atoms with E-state index in [1.54, 1.807) is 0 Å². The van der Waals surface area contributed by atoms with Crippen molar-refractivity contribution >= 4 is 51.1 Å². The molecule has 12 heteroatoms. The standard InChI is InChI=1S/C17H27N5O5S2/c1-9-14(24)21-11(15(25)18-3)7-28-29-8-12(20-10(2)23)17(27)22-6-4-5-13(22)16(26)19-9/h9,11-13H,4-8H2,1-3H3,(H,18,25)(H,19,26)(H,20,23)(H,21,24)/t9-,11+,12+,13+/m1/s1. The summed E-state index contributed by atoms with van der Waals surface area (Å²) in [6.07, 6.45) is 1.15. The first kappa shape index (κ1) is 23.3. The second kappa shape index (κ2) is 10.7. The number of nitrogens with one attached hydrogen (secondary N) is 4. The molecule has 2 aliphatic heterocycles. The fourth-order valence-electron chi connectivity index (χ4n) is 3.18. The number of likely N-dealkylation sites (N-methyl/N-ethyl adjacent to an activating group) is 1. The first-order valence-electron chi connectivity index (χ1n) is 9.39. The van der Waals surface area contributed by atoms with E-state index < -0.39 is 36.0 Å². The van der Waals surface area contributed by atoms with E-state index in [9.17, 15) is 24.0 Å². The van der Waals surface area contributed by atoms with Gasteiger partial charge in [-0.25, -0.2) is 0 Å². The molecule has 0 aromatic heterocycles. The van der Waals surface area contributed by atoms with E-state index in [4.69, 9.17) is 0 Å². The molecule has 0 aliphatic carbocycles. The molecule has 10 nitrogen and oxygen atoms in total. The van der Waals surface area contributed by atoms with Gasteiger partial charge in [0, 0.05) is 32.0 Å². The van der Waals surface area contributed by atoms with Gasteiger partial charge in [0.25, 0.3) is 0 Å². The summed E-state index contributed by atoms with van der Waals surface area (Å²) < 4.78 is 0. The minimum atomic E-state index is -0.862. The predicted octanol–water partition coefficient (Wildman–Crippen LogP) is -1.39. The molecule has 0 saturated carbocycles. The van der Waals surface area contributed by atoms with Crippen LogP contribution in [0.2, 0.25) is 0 Å². The zero-order valence-corrected chi connectivity index (χ0v) is 18.3. The van der Waals surface area contributed by atoms with Crippen molar-refractivity contribution in [1.82, 2.24) is 26.2 Å². The van der Waals surface area contributed by atoms with Crippen LogP contribution in [-0.4, -0.2) is 83.7 Å². The van der Waals surface area contributed by atoms with E-state index in [2.05, 4.69) is 21.3 Å². The number of hydrogen-bond acceptors (Lipinski definition) is 7. The van der Waals surface area contributed by atoms with E-state index in [1.165, 1.54) is 47.4 Å². The van der Waals surface area contributed by atoms with Crippen molar-refractivity contribution in [1.29, 1.82) is 0 Å². The molecule has 0 aromatic rings. The fourth-order valence-corrected chi connectivity index (χ4v) is 5.50. The molecule has 2 saturated heterocycles. The van der Waals surface area contributed by atoms with E-state index >= 15 is 0 Å². The highest BCUT2D eigenvalue weighted by molar-refractivity contribution is 8.76. The average molecular weight is 446 g/mol. The lowest BCUT2D eigenvalue weighted by Gasteiger charge is -2.30. The molecule has 0 spiro atoms. The van der Waals surface area contributed by atoms with Gasteiger partial charge < -0.3 is 26.2 Å². The SMILES string of the molecule is CNC(=O)[C@@H]1CSSC[C@H](NC(C)=O)C(=O)N2CCC[C@H]2C(=O)N[C@H](C)C(=O)N1. The molecule has 162 valence electrons. The Balaban J connectivity index is 2.25. The molecule has 0 bridgehead atoms. The normalized spacial score (nSPS) is 29.2. The van der Waals surface area contributed by atoms with Crippen LogP contribution < -0.4 is 21.3 Å². The van der Waals surface area contributed by atoms with E-state index in [0.717, 1.165) is 0 Å². The second-order valence-corrected chi connectivity index (χ2v) is 9.47. The van der Waals surface area contributed by atoms with Gasteiger partial charge in [0.2, 0.25) is 29.5 Å². The zero-order chi connectivity index (χ0) is 21.6. The number of hydrogen-bond donors (Lipinski definition) is 4. The lowest BCUT2D eigenvalue weighted by molar-refractivity contribution is -0.141. The highest BCUT2D eigenvalue weighted by Crippen LogP contribution is 2.25. The summed E-state index contributed by atoms with van der Waals surface area (Å²) >= 11 is 0. The summed E-state index contributed by atoms with van der Waals surface area (Å²) in [7, 11) is 4.13. The van der Waals surface area contributed by atoms with Crippen LogP contribution >= 0.6 is 21.6 Å². The van der Waals surface area contributed by atoms with Crippen LogP contribution in [0, 0.1) is 0 Å². The van der Waals surface area contributed by atoms with Crippen LogP contribution in [0.3, 0.4) is 0 Å². The van der Waals surface area contributed by atoms with Crippen molar-refractivity contribution in [2.24, 2.45) is 0 Å². The molecule has 0 aromatic carbocycles. The van der Waals surface area contributed by atoms with Gasteiger partial charge in [-0.05, 0) is 19.8 Å². The Morgan fingerprint density at radius 1 is 1.10 bits per heavy atom. The Hall–Kier alpha value is -1.95. The van der Waals surface area contributed by atoms with Crippen molar-refractivity contribution < 1.29 is 24.0 Å². The Morgan fingerprint density at radius 2 is 1.79 bits per heavy atom. The van der Waals surface area contributed by atoms with Crippen molar-refractivity contribution in [3.05, 3.63) is 0 Å². The zero-order valence-electron chi connectivity index (χ0n) is 16.6. The third-order valence-electron chi connectivity index (χ3n) is 4.70. The molecule has 0 unspecified atom stereocenters. The van der Waals surface area contributed by atoms with Crippen LogP contribution in [0.1, 0.15) is 26.7 Å². The molecule has 4 N–H and O–H groups in total. The minimum Gasteiger partial charge on any atom is -0.357 e. The number of amides is 5. The quantitative estimate of drug-likeness (QED) is 0.384. The number of carbonyl (C=O) groups is 5. The van der Waals surface area contributed by atoms with Crippen LogP contribution in [-0.2, 0) is 24.0 Å². The maximum absolute atomic E-state index is 13.0. The lowest BCUT2D eigenvalue weighted by Crippen LogP contribution is -2.58. The Labute approximate surface area is 177 Å². The van der Waals surface area contributed by atoms with Crippen LogP contribution in [0.4, 0.5) is 0 Å². The second-order valence-electron chi connectivity index (χ2n) is 6.92. The van der Waals surface area contributed by atoms with Crippen molar-refractivity contribution in [2.75, 3.05) is 25.1 Å². The highest BCUT2D eigenvalue weighted by Gasteiger charge is 2.38. The Morgan fingerprint density at radius 3 is 2.45 bits per heavy atom. The van der Waals surface area contributed by atoms with Crippen molar-refractivity contribution in [3.8, 4) is 0 Å². The average Bonchev–Trinajstić information content (AvgIpc) is 3.16. The smallest absolute Gasteiger partial charge is 0.246 e. The maximum Gasteiger partial charge on any atom is 0.246 e. The Kier molecular flexibility index (Phi) is 8.62. The first-order valence-corrected chi connectivity index (χ1v) is 11.9. The van der Waals surface area contributed by atoms with Gasteiger partial charge in [0.1, 0.15) is 24.2 Å². The Bertz CT molecular complexity index is 677. The third-order valence-corrected chi connectivity index (χ3v) is 7.12. The summed E-state index contributed by atoms with van der Waals surface area (Å²) in [5.74, 6) is -1.35. The molecule has 2 fully saturated rings. The van der Waals surface area contributed by atoms with E-state index in [-0.39, 0.29) is 29.2 Å². The summed E-state index contributed by atoms with van der Waals surface area (Å²) in [6, 6.07) is -3.11. The molecule has 5 amide bonds. The molecule has 2 rings (SSSR count). The van der Waals surface area contributed by atoms with Crippen LogP contribution in [0.25, 0.3) is 0 Å². The van der Waals surface area contributed by atoms with Crippen LogP contribution in [0.15, 0.2) is 0 Å². The number of rotatable bonds is 2. The molecule has 2 heterocycles. The first-order chi connectivity index (χ1) is 13.7. The predicted molar refractivity (Wildman–Crippen MR) is 111 cm³/mol. The third kappa shape index (κ3) is 6.26. The summed E-state index contributed by atoms with van der Waals surface area (Å²) in [5, 5.41) is 10.4. The molecular formula is C17H27N5O5S2. The van der Waals surface area contributed by atoms with Crippen LogP contribution in [0.5, 0.6) is 0 Å². The van der Waals surface area contributed by atoms with Gasteiger partial charge >= 0.3 is 0 Å². The monoisotopic (exact) mass is 445 g/mol. The van der Waals surface area contributed by atoms with Gasteiger partial charge in [-0.2, -0.15) is 0 Å². The molecule has 0 radical (unpaired) electrons. The largest absolute Gasteiger partial charge is 0.357 e. The lowest BCUT2D eigenvalue weighted by atomic mass is 10.1. The molecule has 29 heavy (non-hydrogen) atoms. The molecule has 4 atom stereocenters. The fraction of sp³-hybridized carbons (Fsp3) is 0.706. The van der Waals surface area contributed by atoms with Gasteiger partial charge in [0.05, 0.1) is 0 Å². The summed E-state index contributed by atoms with van der Waals surface area (Å²) in [5.41, 5.74) is 0. The van der Waals surface area contributed by atoms with Gasteiger partial charge in [0.15, 0.2) is 0 Å². The van der Waals surface area contributed by atoms with Gasteiger partial charge in [-0.15, -0.1) is 0 Å². The molecule has 2 aliphatic rings. The highest BCUT2D eigenvalue weighted by atomic mass is 33.1. The van der Waals surface area contributed by atoms with Gasteiger partial charge in [-0.3, -0.25) is 24.0 Å². The topological polar surface area (TPSA) is 137 Å². The van der Waals surface area contributed by atoms with Gasteiger partial charge in [-0.1, -0.05) is 21.6 Å².